The Morgan fingerprint density at radius 2 is 1.96 bits per heavy atom. The minimum Gasteiger partial charge on any atom is -0.285 e. The molecule has 1 aliphatic carbocycles. The van der Waals surface area contributed by atoms with Crippen molar-refractivity contribution in [2.24, 2.45) is 17.3 Å². The molecule has 0 saturated heterocycles. The van der Waals surface area contributed by atoms with Crippen LogP contribution >= 0.6 is 0 Å². The summed E-state index contributed by atoms with van der Waals surface area (Å²) in [5.41, 5.74) is 3.76. The Morgan fingerprint density at radius 3 is 2.48 bits per heavy atom. The van der Waals surface area contributed by atoms with E-state index in [1.165, 1.54) is 5.56 Å². The second kappa shape index (κ2) is 8.71. The molecule has 0 radical (unpaired) electrons. The smallest absolute Gasteiger partial charge is 0.277 e. The zero-order valence-electron chi connectivity index (χ0n) is 17.0. The number of hydrogen-bond donors (Lipinski definition) is 1. The molecule has 0 unspecified atom stereocenters. The third-order valence-electron chi connectivity index (χ3n) is 6.18. The molecule has 2 rings (SSSR count). The molecule has 27 heavy (non-hydrogen) atoms. The van der Waals surface area contributed by atoms with Crippen LogP contribution in [0.3, 0.4) is 0 Å². The molecule has 146 valence electrons. The molecule has 0 aromatic heterocycles. The summed E-state index contributed by atoms with van der Waals surface area (Å²) in [4.78, 5) is 12.5. The van der Waals surface area contributed by atoms with Crippen molar-refractivity contribution in [1.82, 2.24) is 5.06 Å². The maximum Gasteiger partial charge on any atom is 0.277 e. The Kier molecular flexibility index (Phi) is 6.83. The summed E-state index contributed by atoms with van der Waals surface area (Å²) < 4.78 is 0. The maximum atomic E-state index is 12.5. The fraction of sp³-hybridized carbons (Fsp3) is 0.458. The van der Waals surface area contributed by atoms with Gasteiger partial charge in [0.15, 0.2) is 0 Å². The third-order valence-corrected chi connectivity index (χ3v) is 6.18. The van der Waals surface area contributed by atoms with Gasteiger partial charge in [-0.05, 0) is 67.6 Å². The van der Waals surface area contributed by atoms with Gasteiger partial charge in [0.1, 0.15) is 0 Å². The van der Waals surface area contributed by atoms with Gasteiger partial charge < -0.3 is 0 Å². The van der Waals surface area contributed by atoms with Crippen LogP contribution in [0.25, 0.3) is 0 Å². The van der Waals surface area contributed by atoms with Gasteiger partial charge in [-0.3, -0.25) is 10.0 Å². The zero-order chi connectivity index (χ0) is 20.2. The van der Waals surface area contributed by atoms with Crippen molar-refractivity contribution in [3.63, 3.8) is 0 Å². The third kappa shape index (κ3) is 4.78. The van der Waals surface area contributed by atoms with E-state index in [1.54, 1.807) is 12.1 Å². The van der Waals surface area contributed by atoms with Gasteiger partial charge in [-0.15, -0.1) is 6.58 Å². The quantitative estimate of drug-likeness (QED) is 0.375. The summed E-state index contributed by atoms with van der Waals surface area (Å²) in [6.45, 7) is 18.9. The lowest BCUT2D eigenvalue weighted by molar-refractivity contribution is -0.0532. The molecule has 3 atom stereocenters. The maximum absolute atomic E-state index is 12.5. The lowest BCUT2D eigenvalue weighted by Crippen LogP contribution is -2.36. The van der Waals surface area contributed by atoms with Crippen LogP contribution in [0.2, 0.25) is 0 Å². The first-order chi connectivity index (χ1) is 12.7. The molecule has 3 heteroatoms. The molecule has 0 spiro atoms. The summed E-state index contributed by atoms with van der Waals surface area (Å²) in [5.74, 6) is 0.224. The summed E-state index contributed by atoms with van der Waals surface area (Å²) in [5, 5.41) is 11.1. The average molecular weight is 368 g/mol. The number of hydroxylamine groups is 2. The Morgan fingerprint density at radius 1 is 1.33 bits per heavy atom. The van der Waals surface area contributed by atoms with Crippen molar-refractivity contribution < 1.29 is 10.0 Å². The van der Waals surface area contributed by atoms with E-state index in [1.807, 2.05) is 18.2 Å². The molecular weight excluding hydrogens is 334 g/mol. The zero-order valence-corrected chi connectivity index (χ0v) is 17.0. The molecule has 3 nitrogen and oxygen atoms in total. The fourth-order valence-electron chi connectivity index (χ4n) is 4.14. The predicted molar refractivity (Wildman–Crippen MR) is 112 cm³/mol. The van der Waals surface area contributed by atoms with Gasteiger partial charge in [-0.2, -0.15) is 0 Å². The molecular formula is C24H33NO2. The summed E-state index contributed by atoms with van der Waals surface area (Å²) >= 11 is 0. The van der Waals surface area contributed by atoms with Crippen LogP contribution < -0.4 is 0 Å². The highest BCUT2D eigenvalue weighted by Crippen LogP contribution is 2.48. The van der Waals surface area contributed by atoms with E-state index in [-0.39, 0.29) is 23.8 Å². The van der Waals surface area contributed by atoms with Crippen LogP contribution in [0, 0.1) is 17.3 Å². The highest BCUT2D eigenvalue weighted by Gasteiger charge is 2.39. The number of aryl methyl sites for hydroxylation is 1. The lowest BCUT2D eigenvalue weighted by atomic mass is 9.61. The topological polar surface area (TPSA) is 40.5 Å². The van der Waals surface area contributed by atoms with E-state index in [4.69, 9.17) is 0 Å². The molecule has 1 N–H and O–H groups in total. The van der Waals surface area contributed by atoms with Crippen molar-refractivity contribution in [3.05, 3.63) is 72.4 Å². The number of allylic oxidation sites excluding steroid dienone is 2. The molecule has 0 aliphatic heterocycles. The van der Waals surface area contributed by atoms with Gasteiger partial charge in [-0.1, -0.05) is 56.4 Å². The number of amides is 1. The van der Waals surface area contributed by atoms with Crippen molar-refractivity contribution in [2.45, 2.75) is 46.5 Å². The largest absolute Gasteiger partial charge is 0.285 e. The Balaban J connectivity index is 2.02. The van der Waals surface area contributed by atoms with Crippen LogP contribution in [0.15, 0.2) is 61.2 Å². The fourth-order valence-corrected chi connectivity index (χ4v) is 4.14. The van der Waals surface area contributed by atoms with Gasteiger partial charge >= 0.3 is 0 Å². The van der Waals surface area contributed by atoms with Gasteiger partial charge in [0, 0.05) is 5.56 Å². The minimum atomic E-state index is -0.387. The number of rotatable bonds is 7. The van der Waals surface area contributed by atoms with Crippen LogP contribution in [0.1, 0.15) is 56.0 Å². The summed E-state index contributed by atoms with van der Waals surface area (Å²) in [7, 11) is 0. The molecule has 1 aromatic carbocycles. The average Bonchev–Trinajstić information content (AvgIpc) is 2.67. The number of carbonyl (C=O) groups is 1. The molecule has 1 aromatic rings. The lowest BCUT2D eigenvalue weighted by Gasteiger charge is -2.44. The molecule has 0 bridgehead atoms. The molecule has 1 fully saturated rings. The normalized spacial score (nSPS) is 24.9. The van der Waals surface area contributed by atoms with E-state index in [0.717, 1.165) is 41.9 Å². The van der Waals surface area contributed by atoms with E-state index >= 15 is 0 Å². The van der Waals surface area contributed by atoms with Gasteiger partial charge in [0.2, 0.25) is 0 Å². The summed E-state index contributed by atoms with van der Waals surface area (Å²) in [6.07, 6.45) is 5.90. The van der Waals surface area contributed by atoms with Crippen LogP contribution in [0.5, 0.6) is 0 Å². The molecule has 1 saturated carbocycles. The monoisotopic (exact) mass is 367 g/mol. The molecule has 1 amide bonds. The van der Waals surface area contributed by atoms with Crippen molar-refractivity contribution in [3.8, 4) is 0 Å². The predicted octanol–water partition coefficient (Wildman–Crippen LogP) is 5.82. The SMILES string of the molecule is C=C[C@]1(C)CC[C@@H](C(=C)CN(O)C(=O)c2ccc(CC)cc2)C[C@H]1C(=C)C. The number of hydrogen-bond acceptors (Lipinski definition) is 2. The standard InChI is InChI=1S/C24H33NO2/c1-7-19-9-11-20(12-10-19)23(26)25(27)16-18(5)21-13-14-24(6,8-2)22(15-21)17(3)4/h8-12,21-22,27H,2-3,5,7,13-16H2,1,4,6H3/t21-,22+,24-/m1/s1. The first kappa shape index (κ1) is 21.2. The Labute approximate surface area is 164 Å². The highest BCUT2D eigenvalue weighted by atomic mass is 16.5. The molecule has 1 aliphatic rings. The molecule has 0 heterocycles. The van der Waals surface area contributed by atoms with E-state index in [0.29, 0.717) is 11.5 Å². The van der Waals surface area contributed by atoms with Gasteiger partial charge in [0.05, 0.1) is 6.54 Å². The van der Waals surface area contributed by atoms with E-state index in [2.05, 4.69) is 40.5 Å². The Hall–Kier alpha value is -2.13. The first-order valence-corrected chi connectivity index (χ1v) is 9.78. The summed E-state index contributed by atoms with van der Waals surface area (Å²) in [6, 6.07) is 7.37. The van der Waals surface area contributed by atoms with Crippen molar-refractivity contribution in [1.29, 1.82) is 0 Å². The second-order valence-electron chi connectivity index (χ2n) is 8.15. The van der Waals surface area contributed by atoms with E-state index < -0.39 is 0 Å². The van der Waals surface area contributed by atoms with Gasteiger partial charge in [0.25, 0.3) is 5.91 Å². The van der Waals surface area contributed by atoms with Crippen molar-refractivity contribution in [2.75, 3.05) is 6.54 Å². The highest BCUT2D eigenvalue weighted by molar-refractivity contribution is 5.93. The minimum absolute atomic E-state index is 0.0539. The second-order valence-corrected chi connectivity index (χ2v) is 8.15. The van der Waals surface area contributed by atoms with Crippen LogP contribution in [-0.4, -0.2) is 22.7 Å². The van der Waals surface area contributed by atoms with Gasteiger partial charge in [-0.25, -0.2) is 5.06 Å². The van der Waals surface area contributed by atoms with Crippen LogP contribution in [-0.2, 0) is 6.42 Å². The van der Waals surface area contributed by atoms with Crippen LogP contribution in [0.4, 0.5) is 0 Å². The number of nitrogens with zero attached hydrogens (tertiary/aromatic N) is 1. The Bertz CT molecular complexity index is 718. The van der Waals surface area contributed by atoms with Crippen molar-refractivity contribution >= 4 is 5.91 Å². The number of carbonyl (C=O) groups excluding carboxylic acids is 1. The number of benzene rings is 1. The van der Waals surface area contributed by atoms with E-state index in [9.17, 15) is 10.0 Å². The first-order valence-electron chi connectivity index (χ1n) is 9.78.